The highest BCUT2D eigenvalue weighted by Crippen LogP contribution is 2.18. The fourth-order valence-corrected chi connectivity index (χ4v) is 1.15. The molecular formula is C7H11BrF3NO. The van der Waals surface area contributed by atoms with Gasteiger partial charge in [0.15, 0.2) is 0 Å². The molecule has 1 amide bonds. The first-order valence-corrected chi connectivity index (χ1v) is 4.82. The van der Waals surface area contributed by atoms with E-state index in [1.807, 2.05) is 0 Å². The Morgan fingerprint density at radius 2 is 1.92 bits per heavy atom. The average molecular weight is 262 g/mol. The normalized spacial score (nSPS) is 11.9. The molecule has 13 heavy (non-hydrogen) atoms. The number of alkyl halides is 4. The molecule has 0 N–H and O–H groups in total. The Balaban J connectivity index is 4.36. The number of carbonyl (C=O) groups is 1. The Bertz CT molecular complexity index is 181. The summed E-state index contributed by atoms with van der Waals surface area (Å²) in [5.74, 6) is -0.549. The Labute approximate surface area is 83.2 Å². The number of halogens is 4. The van der Waals surface area contributed by atoms with Crippen molar-refractivity contribution in [3.8, 4) is 0 Å². The topological polar surface area (TPSA) is 20.3 Å². The SMILES string of the molecule is CC(C)N(CC(F)(F)F)C(=O)CBr. The highest BCUT2D eigenvalue weighted by molar-refractivity contribution is 9.09. The van der Waals surface area contributed by atoms with Gasteiger partial charge in [-0.05, 0) is 13.8 Å². The van der Waals surface area contributed by atoms with E-state index in [9.17, 15) is 18.0 Å². The van der Waals surface area contributed by atoms with E-state index >= 15 is 0 Å². The molecule has 0 aliphatic carbocycles. The number of amides is 1. The third-order valence-corrected chi connectivity index (χ3v) is 1.89. The van der Waals surface area contributed by atoms with Crippen LogP contribution < -0.4 is 0 Å². The van der Waals surface area contributed by atoms with E-state index in [1.165, 1.54) is 0 Å². The molecule has 0 atom stereocenters. The first-order chi connectivity index (χ1) is 5.78. The molecule has 78 valence electrons. The second-order valence-electron chi connectivity index (χ2n) is 2.86. The van der Waals surface area contributed by atoms with E-state index in [1.54, 1.807) is 13.8 Å². The van der Waals surface area contributed by atoms with Crippen molar-refractivity contribution in [3.05, 3.63) is 0 Å². The van der Waals surface area contributed by atoms with Crippen LogP contribution in [-0.2, 0) is 4.79 Å². The molecule has 0 rings (SSSR count). The lowest BCUT2D eigenvalue weighted by Gasteiger charge is -2.26. The molecule has 0 aromatic heterocycles. The summed E-state index contributed by atoms with van der Waals surface area (Å²) in [6, 6.07) is -0.438. The van der Waals surface area contributed by atoms with Crippen LogP contribution in [0.15, 0.2) is 0 Å². The van der Waals surface area contributed by atoms with Crippen LogP contribution in [0.5, 0.6) is 0 Å². The summed E-state index contributed by atoms with van der Waals surface area (Å²) in [6.45, 7) is 1.91. The van der Waals surface area contributed by atoms with Crippen molar-refractivity contribution in [2.75, 3.05) is 11.9 Å². The summed E-state index contributed by atoms with van der Waals surface area (Å²) < 4.78 is 35.9. The van der Waals surface area contributed by atoms with Crippen LogP contribution in [0.2, 0.25) is 0 Å². The van der Waals surface area contributed by atoms with Crippen molar-refractivity contribution in [1.82, 2.24) is 4.90 Å². The molecule has 6 heteroatoms. The molecule has 0 radical (unpaired) electrons. The average Bonchev–Trinajstić information content (AvgIpc) is 1.96. The zero-order valence-corrected chi connectivity index (χ0v) is 8.94. The van der Waals surface area contributed by atoms with Crippen LogP contribution in [0.1, 0.15) is 13.8 Å². The number of hydrogen-bond acceptors (Lipinski definition) is 1. The van der Waals surface area contributed by atoms with E-state index in [0.29, 0.717) is 0 Å². The minimum absolute atomic E-state index is 0.0821. The second kappa shape index (κ2) is 4.83. The highest BCUT2D eigenvalue weighted by Gasteiger charge is 2.33. The first kappa shape index (κ1) is 12.7. The lowest BCUT2D eigenvalue weighted by Crippen LogP contribution is -2.43. The number of carbonyl (C=O) groups excluding carboxylic acids is 1. The van der Waals surface area contributed by atoms with Crippen LogP contribution >= 0.6 is 15.9 Å². The largest absolute Gasteiger partial charge is 0.406 e. The maximum atomic E-state index is 12.0. The van der Waals surface area contributed by atoms with Gasteiger partial charge in [-0.25, -0.2) is 0 Å². The molecule has 0 bridgehead atoms. The molecule has 0 saturated heterocycles. The predicted octanol–water partition coefficient (Wildman–Crippen LogP) is 2.18. The lowest BCUT2D eigenvalue weighted by molar-refractivity contribution is -0.162. The van der Waals surface area contributed by atoms with Crippen molar-refractivity contribution in [2.45, 2.75) is 26.1 Å². The van der Waals surface area contributed by atoms with Crippen molar-refractivity contribution >= 4 is 21.8 Å². The zero-order valence-electron chi connectivity index (χ0n) is 7.36. The predicted molar refractivity (Wildman–Crippen MR) is 46.7 cm³/mol. The van der Waals surface area contributed by atoms with Gasteiger partial charge < -0.3 is 4.90 Å². The van der Waals surface area contributed by atoms with E-state index in [2.05, 4.69) is 15.9 Å². The lowest BCUT2D eigenvalue weighted by atomic mass is 10.3. The van der Waals surface area contributed by atoms with Gasteiger partial charge in [-0.3, -0.25) is 4.79 Å². The third-order valence-electron chi connectivity index (χ3n) is 1.41. The molecule has 0 unspecified atom stereocenters. The number of hydrogen-bond donors (Lipinski definition) is 0. The maximum absolute atomic E-state index is 12.0. The Kier molecular flexibility index (Phi) is 4.74. The Morgan fingerprint density at radius 3 is 2.15 bits per heavy atom. The van der Waals surface area contributed by atoms with Crippen molar-refractivity contribution in [3.63, 3.8) is 0 Å². The van der Waals surface area contributed by atoms with Gasteiger partial charge >= 0.3 is 6.18 Å². The summed E-state index contributed by atoms with van der Waals surface area (Å²) in [5.41, 5.74) is 0. The molecular weight excluding hydrogens is 251 g/mol. The Hall–Kier alpha value is -0.260. The second-order valence-corrected chi connectivity index (χ2v) is 3.42. The molecule has 0 fully saturated rings. The van der Waals surface area contributed by atoms with E-state index < -0.39 is 24.7 Å². The van der Waals surface area contributed by atoms with Gasteiger partial charge in [-0.15, -0.1) is 0 Å². The van der Waals surface area contributed by atoms with E-state index in [0.717, 1.165) is 4.90 Å². The number of rotatable bonds is 3. The van der Waals surface area contributed by atoms with Gasteiger partial charge in [0.05, 0.1) is 5.33 Å². The van der Waals surface area contributed by atoms with Gasteiger partial charge in [-0.1, -0.05) is 15.9 Å². The summed E-state index contributed by atoms with van der Waals surface area (Å²) in [6.07, 6.45) is -4.33. The first-order valence-electron chi connectivity index (χ1n) is 3.70. The molecule has 0 saturated carbocycles. The van der Waals surface area contributed by atoms with Crippen LogP contribution in [0.4, 0.5) is 13.2 Å². The van der Waals surface area contributed by atoms with Crippen molar-refractivity contribution in [1.29, 1.82) is 0 Å². The summed E-state index contributed by atoms with van der Waals surface area (Å²) in [5, 5.41) is -0.0821. The molecule has 2 nitrogen and oxygen atoms in total. The molecule has 0 aliphatic heterocycles. The third kappa shape index (κ3) is 5.13. The minimum Gasteiger partial charge on any atom is -0.330 e. The van der Waals surface area contributed by atoms with Gasteiger partial charge in [0.2, 0.25) is 5.91 Å². The Morgan fingerprint density at radius 1 is 1.46 bits per heavy atom. The highest BCUT2D eigenvalue weighted by atomic mass is 79.9. The standard InChI is InChI=1S/C7H11BrF3NO/c1-5(2)12(6(13)3-8)4-7(9,10)11/h5H,3-4H2,1-2H3. The molecule has 0 aromatic rings. The molecule has 0 aromatic carbocycles. The van der Waals surface area contributed by atoms with Crippen LogP contribution in [-0.4, -0.2) is 34.9 Å². The van der Waals surface area contributed by atoms with Gasteiger partial charge in [0.1, 0.15) is 6.54 Å². The monoisotopic (exact) mass is 261 g/mol. The fourth-order valence-electron chi connectivity index (χ4n) is 0.829. The van der Waals surface area contributed by atoms with Gasteiger partial charge in [0.25, 0.3) is 0 Å². The molecule has 0 aliphatic rings. The molecule has 0 spiro atoms. The summed E-state index contributed by atoms with van der Waals surface area (Å²) in [4.78, 5) is 11.8. The van der Waals surface area contributed by atoms with Gasteiger partial charge in [0, 0.05) is 6.04 Å². The van der Waals surface area contributed by atoms with E-state index in [-0.39, 0.29) is 5.33 Å². The number of nitrogens with zero attached hydrogens (tertiary/aromatic N) is 1. The van der Waals surface area contributed by atoms with Crippen LogP contribution in [0, 0.1) is 0 Å². The van der Waals surface area contributed by atoms with Gasteiger partial charge in [-0.2, -0.15) is 13.2 Å². The van der Waals surface area contributed by atoms with Crippen molar-refractivity contribution < 1.29 is 18.0 Å². The summed E-state index contributed by atoms with van der Waals surface area (Å²) >= 11 is 2.83. The van der Waals surface area contributed by atoms with Crippen molar-refractivity contribution in [2.24, 2.45) is 0 Å². The maximum Gasteiger partial charge on any atom is 0.406 e. The summed E-state index contributed by atoms with van der Waals surface area (Å²) in [7, 11) is 0. The quantitative estimate of drug-likeness (QED) is 0.714. The molecule has 0 heterocycles. The fraction of sp³-hybridized carbons (Fsp3) is 0.857. The minimum atomic E-state index is -4.33. The zero-order chi connectivity index (χ0) is 10.6. The van der Waals surface area contributed by atoms with Crippen LogP contribution in [0.25, 0.3) is 0 Å². The smallest absolute Gasteiger partial charge is 0.330 e. The van der Waals surface area contributed by atoms with Crippen LogP contribution in [0.3, 0.4) is 0 Å². The van der Waals surface area contributed by atoms with E-state index in [4.69, 9.17) is 0 Å².